The second kappa shape index (κ2) is 8.65. The Morgan fingerprint density at radius 3 is 2.61 bits per heavy atom. The molecule has 1 atom stereocenters. The lowest BCUT2D eigenvalue weighted by atomic mass is 9.90. The minimum atomic E-state index is -0.454. The van der Waals surface area contributed by atoms with Crippen molar-refractivity contribution in [2.24, 2.45) is 0 Å². The molecule has 0 bridgehead atoms. The standard InChI is InChI=1S/C21H23NO6/c1-25-18-11-14-8-9-22(20(23)7-6-15-5-4-10-28-15)17(13-21(24)27-3)16(14)12-19(18)26-2/h4-7,10-12,17H,8-9,13H2,1-3H3/b7-6+/t17-/m0/s1. The van der Waals surface area contributed by atoms with Gasteiger partial charge in [0.05, 0.1) is 40.1 Å². The zero-order valence-electron chi connectivity index (χ0n) is 16.1. The van der Waals surface area contributed by atoms with Crippen LogP contribution in [0.1, 0.15) is 29.3 Å². The molecule has 148 valence electrons. The van der Waals surface area contributed by atoms with Gasteiger partial charge in [-0.1, -0.05) is 0 Å². The minimum absolute atomic E-state index is 0.0549. The fourth-order valence-corrected chi connectivity index (χ4v) is 3.39. The Morgan fingerprint density at radius 1 is 1.21 bits per heavy atom. The van der Waals surface area contributed by atoms with Crippen molar-refractivity contribution in [3.05, 3.63) is 53.5 Å². The molecule has 7 nitrogen and oxygen atoms in total. The quantitative estimate of drug-likeness (QED) is 0.562. The fraction of sp³-hybridized carbons (Fsp3) is 0.333. The summed E-state index contributed by atoms with van der Waals surface area (Å²) in [5.41, 5.74) is 1.87. The largest absolute Gasteiger partial charge is 0.493 e. The second-order valence-corrected chi connectivity index (χ2v) is 6.33. The van der Waals surface area contributed by atoms with Gasteiger partial charge in [0, 0.05) is 12.6 Å². The molecule has 0 saturated carbocycles. The van der Waals surface area contributed by atoms with Crippen LogP contribution in [0, 0.1) is 0 Å². The Balaban J connectivity index is 1.95. The lowest BCUT2D eigenvalue weighted by molar-refractivity contribution is -0.143. The average molecular weight is 385 g/mol. The van der Waals surface area contributed by atoms with Crippen LogP contribution in [0.4, 0.5) is 0 Å². The van der Waals surface area contributed by atoms with Gasteiger partial charge in [-0.25, -0.2) is 0 Å². The highest BCUT2D eigenvalue weighted by Crippen LogP contribution is 2.39. The van der Waals surface area contributed by atoms with E-state index in [-0.39, 0.29) is 18.3 Å². The number of carbonyl (C=O) groups is 2. The molecule has 3 rings (SSSR count). The van der Waals surface area contributed by atoms with Crippen LogP contribution in [0.25, 0.3) is 6.08 Å². The number of ether oxygens (including phenoxy) is 3. The number of rotatable bonds is 6. The van der Waals surface area contributed by atoms with E-state index in [1.807, 2.05) is 12.1 Å². The molecule has 28 heavy (non-hydrogen) atoms. The van der Waals surface area contributed by atoms with Gasteiger partial charge in [0.2, 0.25) is 5.91 Å². The first kappa shape index (κ1) is 19.5. The fourth-order valence-electron chi connectivity index (χ4n) is 3.39. The summed E-state index contributed by atoms with van der Waals surface area (Å²) in [5, 5.41) is 0. The van der Waals surface area contributed by atoms with E-state index in [2.05, 4.69) is 0 Å². The lowest BCUT2D eigenvalue weighted by Gasteiger charge is -2.36. The Kier molecular flexibility index (Phi) is 6.03. The third kappa shape index (κ3) is 4.03. The van der Waals surface area contributed by atoms with Crippen molar-refractivity contribution < 1.29 is 28.2 Å². The number of benzene rings is 1. The topological polar surface area (TPSA) is 78.2 Å². The summed E-state index contributed by atoms with van der Waals surface area (Å²) in [6.45, 7) is 0.478. The lowest BCUT2D eigenvalue weighted by Crippen LogP contribution is -2.40. The summed E-state index contributed by atoms with van der Waals surface area (Å²) >= 11 is 0. The number of methoxy groups -OCH3 is 3. The van der Waals surface area contributed by atoms with E-state index in [1.165, 1.54) is 13.2 Å². The smallest absolute Gasteiger partial charge is 0.307 e. The number of esters is 1. The molecule has 1 aliphatic heterocycles. The molecule has 0 spiro atoms. The van der Waals surface area contributed by atoms with Gasteiger partial charge < -0.3 is 23.5 Å². The van der Waals surface area contributed by atoms with Crippen molar-refractivity contribution in [3.8, 4) is 11.5 Å². The van der Waals surface area contributed by atoms with Gasteiger partial charge in [0.15, 0.2) is 11.5 Å². The van der Waals surface area contributed by atoms with Crippen LogP contribution in [-0.4, -0.2) is 44.7 Å². The molecule has 1 aromatic heterocycles. The SMILES string of the molecule is COC(=O)C[C@H]1c2cc(OC)c(OC)cc2CCN1C(=O)/C=C/c1ccco1. The first-order valence-electron chi connectivity index (χ1n) is 8.91. The van der Waals surface area contributed by atoms with Gasteiger partial charge in [0.25, 0.3) is 0 Å². The molecule has 0 N–H and O–H groups in total. The molecule has 1 amide bonds. The molecule has 0 aliphatic carbocycles. The first-order chi connectivity index (χ1) is 13.6. The van der Waals surface area contributed by atoms with Gasteiger partial charge in [-0.05, 0) is 47.9 Å². The molecule has 7 heteroatoms. The monoisotopic (exact) mass is 385 g/mol. The normalized spacial score (nSPS) is 16.0. The average Bonchev–Trinajstić information content (AvgIpc) is 3.24. The van der Waals surface area contributed by atoms with E-state index in [0.717, 1.165) is 11.1 Å². The van der Waals surface area contributed by atoms with Crippen LogP contribution in [0.5, 0.6) is 11.5 Å². The summed E-state index contributed by atoms with van der Waals surface area (Å²) in [4.78, 5) is 26.6. The Labute approximate surface area is 163 Å². The van der Waals surface area contributed by atoms with Crippen molar-refractivity contribution in [1.82, 2.24) is 4.90 Å². The highest BCUT2D eigenvalue weighted by atomic mass is 16.5. The van der Waals surface area contributed by atoms with E-state index in [1.54, 1.807) is 43.6 Å². The van der Waals surface area contributed by atoms with Gasteiger partial charge in [-0.15, -0.1) is 0 Å². The van der Waals surface area contributed by atoms with Crippen LogP contribution in [0.15, 0.2) is 41.0 Å². The number of furan rings is 1. The maximum Gasteiger partial charge on any atom is 0.307 e. The summed E-state index contributed by atoms with van der Waals surface area (Å²) in [6.07, 6.45) is 5.31. The van der Waals surface area contributed by atoms with Crippen LogP contribution in [-0.2, 0) is 20.7 Å². The molecule has 2 aromatic rings. The highest BCUT2D eigenvalue weighted by molar-refractivity contribution is 5.92. The van der Waals surface area contributed by atoms with E-state index < -0.39 is 6.04 Å². The van der Waals surface area contributed by atoms with Gasteiger partial charge >= 0.3 is 5.97 Å². The van der Waals surface area contributed by atoms with Gasteiger partial charge in [-0.3, -0.25) is 9.59 Å². The summed E-state index contributed by atoms with van der Waals surface area (Å²) < 4.78 is 20.9. The number of nitrogens with zero attached hydrogens (tertiary/aromatic N) is 1. The maximum atomic E-state index is 12.9. The zero-order chi connectivity index (χ0) is 20.1. The van der Waals surface area contributed by atoms with E-state index in [4.69, 9.17) is 18.6 Å². The van der Waals surface area contributed by atoms with Crippen molar-refractivity contribution in [3.63, 3.8) is 0 Å². The number of hydrogen-bond donors (Lipinski definition) is 0. The number of fused-ring (bicyclic) bond motifs is 1. The highest BCUT2D eigenvalue weighted by Gasteiger charge is 2.33. The van der Waals surface area contributed by atoms with Crippen molar-refractivity contribution in [2.75, 3.05) is 27.9 Å². The third-order valence-electron chi connectivity index (χ3n) is 4.81. The number of amides is 1. The molecular weight excluding hydrogens is 362 g/mol. The van der Waals surface area contributed by atoms with Crippen molar-refractivity contribution >= 4 is 18.0 Å². The molecule has 1 aromatic carbocycles. The van der Waals surface area contributed by atoms with Crippen LogP contribution >= 0.6 is 0 Å². The Morgan fingerprint density at radius 2 is 1.96 bits per heavy atom. The molecule has 0 unspecified atom stereocenters. The third-order valence-corrected chi connectivity index (χ3v) is 4.81. The predicted octanol–water partition coefficient (Wildman–Crippen LogP) is 3.00. The number of hydrogen-bond acceptors (Lipinski definition) is 6. The van der Waals surface area contributed by atoms with Crippen LogP contribution in [0.3, 0.4) is 0 Å². The van der Waals surface area contributed by atoms with Crippen LogP contribution < -0.4 is 9.47 Å². The van der Waals surface area contributed by atoms with Gasteiger partial charge in [-0.2, -0.15) is 0 Å². The Bertz CT molecular complexity index is 871. The molecule has 2 heterocycles. The molecule has 0 fully saturated rings. The molecule has 0 radical (unpaired) electrons. The molecule has 1 aliphatic rings. The second-order valence-electron chi connectivity index (χ2n) is 6.33. The summed E-state index contributed by atoms with van der Waals surface area (Å²) in [5.74, 6) is 1.17. The van der Waals surface area contributed by atoms with Gasteiger partial charge in [0.1, 0.15) is 5.76 Å². The van der Waals surface area contributed by atoms with E-state index in [9.17, 15) is 9.59 Å². The maximum absolute atomic E-state index is 12.9. The van der Waals surface area contributed by atoms with E-state index in [0.29, 0.717) is 30.2 Å². The Hall–Kier alpha value is -3.22. The van der Waals surface area contributed by atoms with E-state index >= 15 is 0 Å². The molecular formula is C21H23NO6. The number of carbonyl (C=O) groups excluding carboxylic acids is 2. The molecule has 0 saturated heterocycles. The van der Waals surface area contributed by atoms with Crippen molar-refractivity contribution in [1.29, 1.82) is 0 Å². The first-order valence-corrected chi connectivity index (χ1v) is 8.91. The minimum Gasteiger partial charge on any atom is -0.493 e. The zero-order valence-corrected chi connectivity index (χ0v) is 16.1. The van der Waals surface area contributed by atoms with Crippen molar-refractivity contribution in [2.45, 2.75) is 18.9 Å². The predicted molar refractivity (Wildman–Crippen MR) is 102 cm³/mol. The summed E-state index contributed by atoms with van der Waals surface area (Å²) in [6, 6.07) is 6.79. The summed E-state index contributed by atoms with van der Waals surface area (Å²) in [7, 11) is 4.47. The van der Waals surface area contributed by atoms with Crippen LogP contribution in [0.2, 0.25) is 0 Å².